The highest BCUT2D eigenvalue weighted by molar-refractivity contribution is 7.13. The largest absolute Gasteiger partial charge is 0.369 e. The van der Waals surface area contributed by atoms with Crippen LogP contribution in [0.4, 0.5) is 5.13 Å². The van der Waals surface area contributed by atoms with E-state index in [0.29, 0.717) is 10.8 Å². The van der Waals surface area contributed by atoms with E-state index in [1.807, 2.05) is 18.2 Å². The minimum Gasteiger partial charge on any atom is -0.369 e. The molecule has 1 aromatic carbocycles. The average molecular weight is 358 g/mol. The lowest BCUT2D eigenvalue weighted by atomic mass is 9.97. The molecule has 0 spiro atoms. The van der Waals surface area contributed by atoms with Gasteiger partial charge in [0.25, 0.3) is 0 Å². The maximum atomic E-state index is 12.5. The molecule has 2 aromatic rings. The zero-order valence-electron chi connectivity index (χ0n) is 14.0. The predicted molar refractivity (Wildman–Crippen MR) is 98.1 cm³/mol. The number of nitrogens with zero attached hydrogens (tertiary/aromatic N) is 2. The van der Waals surface area contributed by atoms with Gasteiger partial charge in [0, 0.05) is 18.5 Å². The molecule has 3 N–H and O–H groups in total. The van der Waals surface area contributed by atoms with Crippen molar-refractivity contribution in [3.05, 3.63) is 47.0 Å². The third-order valence-electron chi connectivity index (χ3n) is 4.26. The molecule has 7 heteroatoms. The van der Waals surface area contributed by atoms with E-state index in [-0.39, 0.29) is 18.2 Å². The van der Waals surface area contributed by atoms with Crippen LogP contribution in [0.15, 0.2) is 35.7 Å². The lowest BCUT2D eigenvalue weighted by Gasteiger charge is -2.31. The molecule has 1 aromatic heterocycles. The molecular weight excluding hydrogens is 336 g/mol. The van der Waals surface area contributed by atoms with Crippen LogP contribution in [0.3, 0.4) is 0 Å². The molecule has 3 rings (SSSR count). The number of hydrogen-bond acceptors (Lipinski definition) is 5. The van der Waals surface area contributed by atoms with Crippen LogP contribution in [-0.4, -0.2) is 34.8 Å². The summed E-state index contributed by atoms with van der Waals surface area (Å²) in [6, 6.07) is 10.3. The number of hydrogen-bond donors (Lipinski definition) is 2. The topological polar surface area (TPSA) is 88.3 Å². The maximum absolute atomic E-state index is 12.5. The number of amides is 2. The van der Waals surface area contributed by atoms with Gasteiger partial charge in [-0.1, -0.05) is 30.3 Å². The zero-order valence-corrected chi connectivity index (χ0v) is 14.8. The number of benzene rings is 1. The van der Waals surface area contributed by atoms with Gasteiger partial charge in [-0.05, 0) is 24.9 Å². The smallest absolute Gasteiger partial charge is 0.230 e. The summed E-state index contributed by atoms with van der Waals surface area (Å²) in [6.07, 6.45) is 1.99. The molecule has 0 radical (unpaired) electrons. The number of piperidine rings is 1. The maximum Gasteiger partial charge on any atom is 0.230 e. The predicted octanol–water partition coefficient (Wildman–Crippen LogP) is 2.02. The summed E-state index contributed by atoms with van der Waals surface area (Å²) in [6.45, 7) is 2.63. The highest BCUT2D eigenvalue weighted by Gasteiger charge is 2.26. The van der Waals surface area contributed by atoms with Gasteiger partial charge in [-0.3, -0.25) is 14.5 Å². The quantitative estimate of drug-likeness (QED) is 0.827. The second-order valence-corrected chi connectivity index (χ2v) is 7.19. The number of nitrogens with two attached hydrogens (primary N) is 1. The summed E-state index contributed by atoms with van der Waals surface area (Å²) in [4.78, 5) is 30.0. The van der Waals surface area contributed by atoms with Crippen LogP contribution in [0, 0.1) is 5.92 Å². The minimum absolute atomic E-state index is 0.00210. The monoisotopic (exact) mass is 358 g/mol. The number of likely N-dealkylation sites (tertiary alicyclic amines) is 1. The Morgan fingerprint density at radius 3 is 2.88 bits per heavy atom. The van der Waals surface area contributed by atoms with E-state index in [9.17, 15) is 9.59 Å². The minimum atomic E-state index is -0.424. The molecule has 2 heterocycles. The van der Waals surface area contributed by atoms with Crippen LogP contribution in [0.1, 0.15) is 24.1 Å². The summed E-state index contributed by atoms with van der Waals surface area (Å²) in [7, 11) is 0. The van der Waals surface area contributed by atoms with E-state index in [2.05, 4.69) is 27.3 Å². The Morgan fingerprint density at radius 1 is 1.32 bits per heavy atom. The van der Waals surface area contributed by atoms with Gasteiger partial charge in [0.05, 0.1) is 18.0 Å². The third-order valence-corrected chi connectivity index (χ3v) is 5.07. The molecule has 6 nitrogen and oxygen atoms in total. The lowest BCUT2D eigenvalue weighted by Crippen LogP contribution is -2.40. The van der Waals surface area contributed by atoms with Crippen molar-refractivity contribution in [2.24, 2.45) is 11.7 Å². The number of carbonyl (C=O) groups excluding carboxylic acids is 2. The van der Waals surface area contributed by atoms with Crippen LogP contribution in [-0.2, 0) is 22.6 Å². The molecule has 1 aliphatic rings. The summed E-state index contributed by atoms with van der Waals surface area (Å²) >= 11 is 1.32. The fourth-order valence-corrected chi connectivity index (χ4v) is 3.80. The average Bonchev–Trinajstić information content (AvgIpc) is 3.02. The number of nitrogens with one attached hydrogen (secondary N) is 1. The van der Waals surface area contributed by atoms with Gasteiger partial charge in [0.1, 0.15) is 0 Å². The Hall–Kier alpha value is -2.25. The van der Waals surface area contributed by atoms with E-state index >= 15 is 0 Å². The van der Waals surface area contributed by atoms with E-state index in [0.717, 1.165) is 32.5 Å². The molecule has 2 amide bonds. The molecule has 1 saturated heterocycles. The summed E-state index contributed by atoms with van der Waals surface area (Å²) in [5.41, 5.74) is 7.03. The molecule has 25 heavy (non-hydrogen) atoms. The first-order chi connectivity index (χ1) is 12.1. The van der Waals surface area contributed by atoms with Crippen molar-refractivity contribution in [2.45, 2.75) is 25.8 Å². The Morgan fingerprint density at radius 2 is 2.12 bits per heavy atom. The number of rotatable bonds is 6. The molecular formula is C18H22N4O2S. The molecule has 1 fully saturated rings. The van der Waals surface area contributed by atoms with Crippen molar-refractivity contribution in [2.75, 3.05) is 18.4 Å². The molecule has 1 unspecified atom stereocenters. The standard InChI is InChI=1S/C18H22N4O2S/c19-16(23)9-15-12-25-18(20-15)21-17(24)14-7-4-8-22(11-14)10-13-5-2-1-3-6-13/h1-3,5-6,12,14H,4,7-11H2,(H2,19,23)(H,20,21,24). The Kier molecular flexibility index (Phi) is 5.78. The van der Waals surface area contributed by atoms with E-state index in [1.54, 1.807) is 5.38 Å². The number of aromatic nitrogens is 1. The number of carbonyl (C=O) groups is 2. The van der Waals surface area contributed by atoms with Crippen LogP contribution in [0.2, 0.25) is 0 Å². The first-order valence-electron chi connectivity index (χ1n) is 8.40. The van der Waals surface area contributed by atoms with Gasteiger partial charge >= 0.3 is 0 Å². The Balaban J connectivity index is 1.54. The van der Waals surface area contributed by atoms with Crippen molar-refractivity contribution >= 4 is 28.3 Å². The summed E-state index contributed by atoms with van der Waals surface area (Å²) < 4.78 is 0. The zero-order chi connectivity index (χ0) is 17.6. The van der Waals surface area contributed by atoms with Crippen LogP contribution in [0.25, 0.3) is 0 Å². The Labute approximate surface area is 151 Å². The fourth-order valence-electron chi connectivity index (χ4n) is 3.09. The number of primary amides is 1. The third kappa shape index (κ3) is 5.11. The highest BCUT2D eigenvalue weighted by atomic mass is 32.1. The molecule has 0 aliphatic carbocycles. The molecule has 0 saturated carbocycles. The van der Waals surface area contributed by atoms with Gasteiger partial charge in [0.15, 0.2) is 5.13 Å². The molecule has 132 valence electrons. The number of anilines is 1. The van der Waals surface area contributed by atoms with Crippen molar-refractivity contribution in [3.8, 4) is 0 Å². The van der Waals surface area contributed by atoms with E-state index in [1.165, 1.54) is 16.9 Å². The molecule has 1 aliphatic heterocycles. The number of thiazole rings is 1. The lowest BCUT2D eigenvalue weighted by molar-refractivity contribution is -0.121. The SMILES string of the molecule is NC(=O)Cc1csc(NC(=O)C2CCCN(Cc3ccccc3)C2)n1. The summed E-state index contributed by atoms with van der Waals surface area (Å²) in [5, 5.41) is 5.16. The van der Waals surface area contributed by atoms with Crippen LogP contribution in [0.5, 0.6) is 0 Å². The summed E-state index contributed by atoms with van der Waals surface area (Å²) in [5.74, 6) is -0.467. The second kappa shape index (κ2) is 8.22. The van der Waals surface area contributed by atoms with Crippen LogP contribution < -0.4 is 11.1 Å². The first-order valence-corrected chi connectivity index (χ1v) is 9.28. The molecule has 0 bridgehead atoms. The van der Waals surface area contributed by atoms with Crippen molar-refractivity contribution < 1.29 is 9.59 Å². The van der Waals surface area contributed by atoms with Crippen molar-refractivity contribution in [1.82, 2.24) is 9.88 Å². The van der Waals surface area contributed by atoms with E-state index in [4.69, 9.17) is 5.73 Å². The normalized spacial score (nSPS) is 18.0. The van der Waals surface area contributed by atoms with Crippen LogP contribution >= 0.6 is 11.3 Å². The fraction of sp³-hybridized carbons (Fsp3) is 0.389. The van der Waals surface area contributed by atoms with Crippen molar-refractivity contribution in [3.63, 3.8) is 0 Å². The molecule has 1 atom stereocenters. The van der Waals surface area contributed by atoms with Crippen molar-refractivity contribution in [1.29, 1.82) is 0 Å². The highest BCUT2D eigenvalue weighted by Crippen LogP contribution is 2.22. The Bertz CT molecular complexity index is 732. The van der Waals surface area contributed by atoms with Gasteiger partial charge in [0.2, 0.25) is 11.8 Å². The van der Waals surface area contributed by atoms with Gasteiger partial charge in [-0.2, -0.15) is 0 Å². The van der Waals surface area contributed by atoms with E-state index < -0.39 is 5.91 Å². The first kappa shape index (κ1) is 17.6. The van der Waals surface area contributed by atoms with Gasteiger partial charge in [-0.25, -0.2) is 4.98 Å². The van der Waals surface area contributed by atoms with Gasteiger partial charge < -0.3 is 11.1 Å². The second-order valence-electron chi connectivity index (χ2n) is 6.34. The van der Waals surface area contributed by atoms with Gasteiger partial charge in [-0.15, -0.1) is 11.3 Å².